The third-order valence-corrected chi connectivity index (χ3v) is 7.11. The summed E-state index contributed by atoms with van der Waals surface area (Å²) in [6, 6.07) is 8.83. The summed E-state index contributed by atoms with van der Waals surface area (Å²) in [6.45, 7) is 3.67. The number of rotatable bonds is 2. The summed E-state index contributed by atoms with van der Waals surface area (Å²) in [5, 5.41) is 7.73. The molecule has 5 rings (SSSR count). The molecule has 0 saturated carbocycles. The van der Waals surface area contributed by atoms with Gasteiger partial charge < -0.3 is 20.9 Å². The predicted molar refractivity (Wildman–Crippen MR) is 202 cm³/mol. The van der Waals surface area contributed by atoms with Crippen molar-refractivity contribution < 1.29 is 11.4 Å². The molecule has 1 aromatic carbocycles. The number of aromatic nitrogens is 3. The molecule has 246 valence electrons. The first kappa shape index (κ1) is 35.1. The van der Waals surface area contributed by atoms with Crippen molar-refractivity contribution in [2.45, 2.75) is 32.2 Å². The summed E-state index contributed by atoms with van der Waals surface area (Å²) in [7, 11) is 0. The van der Waals surface area contributed by atoms with Crippen molar-refractivity contribution in [3.63, 3.8) is 0 Å². The molecule has 10 nitrogen and oxygen atoms in total. The molecule has 3 heterocycles. The maximum Gasteiger partial charge on any atom is 0.180 e. The molecule has 3 aromatic rings. The highest BCUT2D eigenvalue weighted by atomic mass is 15.5. The first-order valence-corrected chi connectivity index (χ1v) is 14.3. The standard InChI is InChI=1S/C19H21N5.C19H4.H3N5.8H2/c20-16-15-4-2-1-3-14(15)13-19(16)5-9-23(10-6-19)17-18-22-8-12-24(18)11-7-21-17;1-3-5-7-9-11-13-15-17-19-18-16-14-12-10-8-6-4-2;1-3-5-4-2;;;;;;;;/h1-4,7-8,11-12,16H,5-6,9-10,13,20H2;1H,2H3;(H3,1,2,5);8*1H/t16-;;;;;;;;;;/m1........../s1. The number of hydrogen-bond acceptors (Lipinski definition) is 6. The monoisotopic (exact) mass is 640 g/mol. The molecule has 2 aliphatic rings. The second-order valence-electron chi connectivity index (χ2n) is 9.69. The van der Waals surface area contributed by atoms with Crippen LogP contribution in [0.4, 0.5) is 5.82 Å². The molecular weight excluding hydrogens is 596 g/mol. The van der Waals surface area contributed by atoms with Crippen molar-refractivity contribution in [3.05, 3.63) is 60.2 Å². The quantitative estimate of drug-likeness (QED) is 0.147. The fourth-order valence-electron chi connectivity index (χ4n) is 5.06. The van der Waals surface area contributed by atoms with Crippen LogP contribution in [0.25, 0.3) is 5.65 Å². The van der Waals surface area contributed by atoms with Gasteiger partial charge in [-0.05, 0) is 148 Å². The summed E-state index contributed by atoms with van der Waals surface area (Å²) in [4.78, 5) is 11.4. The van der Waals surface area contributed by atoms with Gasteiger partial charge in [0, 0.05) is 55.3 Å². The molecule has 5 N–H and O–H groups in total. The lowest BCUT2D eigenvalue weighted by Gasteiger charge is -2.42. The molecule has 1 aliphatic heterocycles. The zero-order chi connectivity index (χ0) is 34.3. The van der Waals surface area contributed by atoms with Gasteiger partial charge in [0.15, 0.2) is 11.5 Å². The highest BCUT2D eigenvalue weighted by Crippen LogP contribution is 2.50. The van der Waals surface area contributed by atoms with E-state index in [-0.39, 0.29) is 22.9 Å². The van der Waals surface area contributed by atoms with Crippen LogP contribution in [0, 0.1) is 118 Å². The lowest BCUT2D eigenvalue weighted by atomic mass is 9.73. The van der Waals surface area contributed by atoms with E-state index < -0.39 is 0 Å². The van der Waals surface area contributed by atoms with Gasteiger partial charge in [0.1, 0.15) is 0 Å². The number of benzene rings is 1. The number of nitrogens with one attached hydrogen (secondary N) is 1. The van der Waals surface area contributed by atoms with Crippen LogP contribution < -0.4 is 16.5 Å². The second-order valence-corrected chi connectivity index (χ2v) is 9.69. The number of nitrogens with two attached hydrogens (primary N) is 2. The molecule has 10 heteroatoms. The molecule has 1 aliphatic carbocycles. The van der Waals surface area contributed by atoms with E-state index in [1.54, 1.807) is 6.92 Å². The van der Waals surface area contributed by atoms with Gasteiger partial charge in [0.25, 0.3) is 0 Å². The SMILES string of the molecule is C#CC#CC#CC#CC#CC#CC#CC#CC#CC.N=N/N=N/N.N[C@@H]1c2ccccc2CC12CCN(c1nccn3ccnc13)CC2.[HH].[HH].[HH].[HH].[HH].[HH].[HH].[HH]. The second kappa shape index (κ2) is 19.8. The van der Waals surface area contributed by atoms with Crippen LogP contribution in [0.3, 0.4) is 0 Å². The van der Waals surface area contributed by atoms with Crippen LogP contribution >= 0.6 is 0 Å². The summed E-state index contributed by atoms with van der Waals surface area (Å²) < 4.78 is 2.03. The molecule has 2 aromatic heterocycles. The van der Waals surface area contributed by atoms with Gasteiger partial charge in [-0.3, -0.25) is 0 Å². The Kier molecular flexibility index (Phi) is 14.5. The van der Waals surface area contributed by atoms with Crippen LogP contribution in [-0.4, -0.2) is 27.5 Å². The molecular formula is C38H44N10. The minimum Gasteiger partial charge on any atom is -0.353 e. The van der Waals surface area contributed by atoms with E-state index in [4.69, 9.17) is 17.7 Å². The van der Waals surface area contributed by atoms with Crippen LogP contribution in [0.5, 0.6) is 0 Å². The number of terminal acetylenes is 1. The Labute approximate surface area is 292 Å². The Morgan fingerprint density at radius 3 is 1.90 bits per heavy atom. The Hall–Kier alpha value is -7.36. The van der Waals surface area contributed by atoms with Crippen molar-refractivity contribution in [3.8, 4) is 107 Å². The van der Waals surface area contributed by atoms with E-state index >= 15 is 0 Å². The number of imidazole rings is 1. The van der Waals surface area contributed by atoms with Crippen molar-refractivity contribution in [2.75, 3.05) is 18.0 Å². The molecule has 0 bridgehead atoms. The van der Waals surface area contributed by atoms with Crippen LogP contribution in [-0.2, 0) is 6.42 Å². The van der Waals surface area contributed by atoms with E-state index in [2.05, 4.69) is 161 Å². The summed E-state index contributed by atoms with van der Waals surface area (Å²) >= 11 is 0. The lowest BCUT2D eigenvalue weighted by molar-refractivity contribution is 0.187. The minimum absolute atomic E-state index is 0. The van der Waals surface area contributed by atoms with E-state index in [0.29, 0.717) is 0 Å². The van der Waals surface area contributed by atoms with Gasteiger partial charge in [-0.15, -0.1) is 6.42 Å². The number of fused-ring (bicyclic) bond motifs is 2. The summed E-state index contributed by atoms with van der Waals surface area (Å²) in [5.41, 5.74) is 16.5. The van der Waals surface area contributed by atoms with Gasteiger partial charge >= 0.3 is 0 Å². The lowest BCUT2D eigenvalue weighted by Crippen LogP contribution is -2.44. The van der Waals surface area contributed by atoms with Crippen molar-refractivity contribution in [1.29, 1.82) is 5.53 Å². The van der Waals surface area contributed by atoms with Crippen molar-refractivity contribution in [2.24, 2.45) is 32.7 Å². The first-order chi connectivity index (χ1) is 23.6. The van der Waals surface area contributed by atoms with E-state index in [1.165, 1.54) is 11.1 Å². The largest absolute Gasteiger partial charge is 0.353 e. The third kappa shape index (κ3) is 10.4. The van der Waals surface area contributed by atoms with Crippen LogP contribution in [0.2, 0.25) is 0 Å². The maximum absolute atomic E-state index is 6.66. The Morgan fingerprint density at radius 1 is 0.854 bits per heavy atom. The van der Waals surface area contributed by atoms with Crippen LogP contribution in [0.1, 0.15) is 48.3 Å². The Balaban J connectivity index is -0.000000180. The first-order valence-electron chi connectivity index (χ1n) is 14.3. The number of hydrogen-bond donors (Lipinski definition) is 3. The molecule has 0 unspecified atom stereocenters. The topological polar surface area (TPSA) is 146 Å². The highest BCUT2D eigenvalue weighted by molar-refractivity contribution is 5.64. The molecule has 48 heavy (non-hydrogen) atoms. The highest BCUT2D eigenvalue weighted by Gasteiger charge is 2.46. The summed E-state index contributed by atoms with van der Waals surface area (Å²) in [6.07, 6.45) is 15.8. The Bertz CT molecular complexity index is 2240. The predicted octanol–water partition coefficient (Wildman–Crippen LogP) is 5.46. The maximum atomic E-state index is 6.66. The molecule has 0 amide bonds. The van der Waals surface area contributed by atoms with E-state index in [1.807, 2.05) is 29.2 Å². The molecule has 0 radical (unpaired) electrons. The van der Waals surface area contributed by atoms with Crippen LogP contribution in [0.15, 0.2) is 64.7 Å². The van der Waals surface area contributed by atoms with Gasteiger partial charge in [-0.25, -0.2) is 9.97 Å². The molecule has 1 spiro atoms. The third-order valence-electron chi connectivity index (χ3n) is 7.11. The Morgan fingerprint density at radius 2 is 1.40 bits per heavy atom. The van der Waals surface area contributed by atoms with E-state index in [9.17, 15) is 0 Å². The van der Waals surface area contributed by atoms with Gasteiger partial charge in [0.2, 0.25) is 0 Å². The zero-order valence-corrected chi connectivity index (χ0v) is 26.1. The fraction of sp³-hybridized carbons (Fsp3) is 0.211. The normalized spacial score (nSPS) is 13.5. The minimum atomic E-state index is 0. The van der Waals surface area contributed by atoms with E-state index in [0.717, 1.165) is 43.8 Å². The molecule has 1 atom stereocenters. The number of piperidine rings is 1. The fourth-order valence-corrected chi connectivity index (χ4v) is 5.06. The van der Waals surface area contributed by atoms with Crippen molar-refractivity contribution in [1.82, 2.24) is 14.4 Å². The van der Waals surface area contributed by atoms with Crippen molar-refractivity contribution >= 4 is 11.5 Å². The molecule has 1 saturated heterocycles. The number of nitrogens with zero attached hydrogens (tertiary/aromatic N) is 7. The summed E-state index contributed by atoms with van der Waals surface area (Å²) in [5.74, 6) is 47.3. The molecule has 1 fully saturated rings. The smallest absolute Gasteiger partial charge is 0.180 e. The zero-order valence-electron chi connectivity index (χ0n) is 26.1. The number of anilines is 1. The average molecular weight is 641 g/mol. The van der Waals surface area contributed by atoms with Gasteiger partial charge in [-0.1, -0.05) is 35.4 Å². The average Bonchev–Trinajstić information content (AvgIpc) is 3.70. The van der Waals surface area contributed by atoms with Gasteiger partial charge in [0.05, 0.1) is 0 Å². The van der Waals surface area contributed by atoms with Gasteiger partial charge in [-0.2, -0.15) is 5.53 Å².